The van der Waals surface area contributed by atoms with Gasteiger partial charge in [-0.1, -0.05) is 19.4 Å². The van der Waals surface area contributed by atoms with Crippen molar-refractivity contribution in [3.63, 3.8) is 0 Å². The highest BCUT2D eigenvalue weighted by molar-refractivity contribution is 5.70. The van der Waals surface area contributed by atoms with Gasteiger partial charge in [-0.2, -0.15) is 0 Å². The number of hydrogen-bond acceptors (Lipinski definition) is 2. The van der Waals surface area contributed by atoms with Crippen LogP contribution >= 0.6 is 0 Å². The Morgan fingerprint density at radius 1 is 1.67 bits per heavy atom. The van der Waals surface area contributed by atoms with E-state index in [1.807, 2.05) is 11.8 Å². The van der Waals surface area contributed by atoms with Crippen molar-refractivity contribution in [2.24, 2.45) is 11.8 Å². The second kappa shape index (κ2) is 6.36. The highest BCUT2D eigenvalue weighted by atomic mass is 19.1. The fraction of sp³-hybridized carbons (Fsp3) is 0.500. The van der Waals surface area contributed by atoms with Gasteiger partial charge < -0.3 is 5.11 Å². The molecule has 0 aromatic rings. The normalized spacial score (nSPS) is 25.5. The Hall–Kier alpha value is -1.60. The van der Waals surface area contributed by atoms with Gasteiger partial charge in [0.05, 0.1) is 5.92 Å². The van der Waals surface area contributed by atoms with Crippen LogP contribution in [0.25, 0.3) is 0 Å². The number of halogens is 1. The molecule has 1 fully saturated rings. The van der Waals surface area contributed by atoms with Crippen molar-refractivity contribution in [2.45, 2.75) is 13.3 Å². The van der Waals surface area contributed by atoms with Crippen molar-refractivity contribution >= 4 is 5.97 Å². The largest absolute Gasteiger partial charge is 0.481 e. The number of carbonyl (C=O) groups is 1. The highest BCUT2D eigenvalue weighted by Crippen LogP contribution is 2.23. The van der Waals surface area contributed by atoms with Crippen LogP contribution in [0.15, 0.2) is 24.1 Å². The molecule has 98 valence electrons. The summed E-state index contributed by atoms with van der Waals surface area (Å²) < 4.78 is 13.2. The van der Waals surface area contributed by atoms with E-state index in [9.17, 15) is 9.18 Å². The standard InChI is InChI=1S/C14H18FNO2/c1-4-5-12(11(3)15)8-16-7-10(2)6-13(9-16)14(17)18/h1,5,10,13H,3,6-9H2,2H3,(H,17,18)/b12-5-. The molecular formula is C14H18FNO2. The molecule has 0 aliphatic carbocycles. The number of terminal acetylenes is 1. The molecule has 0 bridgehead atoms. The molecule has 0 aromatic carbocycles. The molecule has 0 radical (unpaired) electrons. The second-order valence-corrected chi connectivity index (χ2v) is 4.81. The van der Waals surface area contributed by atoms with E-state index in [1.165, 1.54) is 6.08 Å². The van der Waals surface area contributed by atoms with Crippen LogP contribution in [0, 0.1) is 24.2 Å². The first kappa shape index (κ1) is 14.5. The van der Waals surface area contributed by atoms with E-state index in [0.717, 1.165) is 6.54 Å². The molecule has 1 heterocycles. The van der Waals surface area contributed by atoms with E-state index in [-0.39, 0.29) is 5.92 Å². The average Bonchev–Trinajstić information content (AvgIpc) is 2.27. The molecule has 0 spiro atoms. The minimum absolute atomic E-state index is 0.278. The Bertz CT molecular complexity index is 409. The summed E-state index contributed by atoms with van der Waals surface area (Å²) in [5.74, 6) is 0.806. The molecule has 0 aromatic heterocycles. The average molecular weight is 251 g/mol. The summed E-state index contributed by atoms with van der Waals surface area (Å²) >= 11 is 0. The Balaban J connectivity index is 2.72. The van der Waals surface area contributed by atoms with Crippen LogP contribution in [0.2, 0.25) is 0 Å². The van der Waals surface area contributed by atoms with Crippen LogP contribution in [0.3, 0.4) is 0 Å². The topological polar surface area (TPSA) is 40.5 Å². The second-order valence-electron chi connectivity index (χ2n) is 4.81. The fourth-order valence-electron chi connectivity index (χ4n) is 2.32. The van der Waals surface area contributed by atoms with Crippen molar-refractivity contribution in [3.8, 4) is 12.3 Å². The minimum atomic E-state index is -0.798. The van der Waals surface area contributed by atoms with Crippen molar-refractivity contribution in [2.75, 3.05) is 19.6 Å². The molecule has 0 amide bonds. The summed E-state index contributed by atoms with van der Waals surface area (Å²) in [6.45, 7) is 6.72. The Morgan fingerprint density at radius 2 is 2.33 bits per heavy atom. The van der Waals surface area contributed by atoms with Crippen molar-refractivity contribution in [3.05, 3.63) is 24.1 Å². The number of nitrogens with zero attached hydrogens (tertiary/aromatic N) is 1. The number of allylic oxidation sites excluding steroid dienone is 1. The lowest BCUT2D eigenvalue weighted by Crippen LogP contribution is -2.43. The molecule has 2 atom stereocenters. The number of aliphatic carboxylic acids is 1. The number of carboxylic acid groups (broad SMARTS) is 1. The number of piperidine rings is 1. The van der Waals surface area contributed by atoms with E-state index in [1.54, 1.807) is 0 Å². The summed E-state index contributed by atoms with van der Waals surface area (Å²) in [6, 6.07) is 0. The van der Waals surface area contributed by atoms with Gasteiger partial charge in [0, 0.05) is 25.2 Å². The van der Waals surface area contributed by atoms with E-state index in [4.69, 9.17) is 11.5 Å². The van der Waals surface area contributed by atoms with Gasteiger partial charge in [0.2, 0.25) is 0 Å². The van der Waals surface area contributed by atoms with Gasteiger partial charge in [-0.25, -0.2) is 4.39 Å². The maximum Gasteiger partial charge on any atom is 0.307 e. The quantitative estimate of drug-likeness (QED) is 0.614. The molecular weight excluding hydrogens is 233 g/mol. The number of rotatable bonds is 4. The van der Waals surface area contributed by atoms with Crippen LogP contribution in [0.5, 0.6) is 0 Å². The van der Waals surface area contributed by atoms with Crippen LogP contribution in [-0.4, -0.2) is 35.6 Å². The lowest BCUT2D eigenvalue weighted by Gasteiger charge is -2.34. The van der Waals surface area contributed by atoms with Crippen molar-refractivity contribution in [1.82, 2.24) is 4.90 Å². The third-order valence-electron chi connectivity index (χ3n) is 3.08. The van der Waals surface area contributed by atoms with Gasteiger partial charge in [0.25, 0.3) is 0 Å². The maximum atomic E-state index is 13.2. The van der Waals surface area contributed by atoms with Gasteiger partial charge >= 0.3 is 5.97 Å². The van der Waals surface area contributed by atoms with Gasteiger partial charge in [0.1, 0.15) is 5.83 Å². The smallest absolute Gasteiger partial charge is 0.307 e. The number of likely N-dealkylation sites (tertiary alicyclic amines) is 1. The predicted octanol–water partition coefficient (Wildman–Crippen LogP) is 2.07. The predicted molar refractivity (Wildman–Crippen MR) is 68.5 cm³/mol. The summed E-state index contributed by atoms with van der Waals surface area (Å²) in [5, 5.41) is 9.06. The zero-order valence-electron chi connectivity index (χ0n) is 10.5. The van der Waals surface area contributed by atoms with Crippen molar-refractivity contribution in [1.29, 1.82) is 0 Å². The minimum Gasteiger partial charge on any atom is -0.481 e. The monoisotopic (exact) mass is 251 g/mol. The number of hydrogen-bond donors (Lipinski definition) is 1. The third-order valence-corrected chi connectivity index (χ3v) is 3.08. The molecule has 18 heavy (non-hydrogen) atoms. The highest BCUT2D eigenvalue weighted by Gasteiger charge is 2.29. The first-order valence-electron chi connectivity index (χ1n) is 5.89. The fourth-order valence-corrected chi connectivity index (χ4v) is 2.32. The zero-order valence-corrected chi connectivity index (χ0v) is 10.5. The first-order valence-corrected chi connectivity index (χ1v) is 5.89. The molecule has 1 N–H and O–H groups in total. The summed E-state index contributed by atoms with van der Waals surface area (Å²) in [4.78, 5) is 12.9. The Kier molecular flexibility index (Phi) is 5.11. The SMILES string of the molecule is C#C/C=C(/CN1CC(C)CC(C(=O)O)C1)C(=C)F. The molecule has 1 rings (SSSR count). The molecule has 4 heteroatoms. The Morgan fingerprint density at radius 3 is 2.83 bits per heavy atom. The molecule has 2 unspecified atom stereocenters. The van der Waals surface area contributed by atoms with Crippen LogP contribution in [0.4, 0.5) is 4.39 Å². The van der Waals surface area contributed by atoms with E-state index < -0.39 is 17.7 Å². The molecule has 1 aliphatic rings. The molecule has 0 saturated carbocycles. The molecule has 3 nitrogen and oxygen atoms in total. The van der Waals surface area contributed by atoms with Gasteiger partial charge in [-0.15, -0.1) is 6.42 Å². The summed E-state index contributed by atoms with van der Waals surface area (Å²) in [6.07, 6.45) is 7.14. The summed E-state index contributed by atoms with van der Waals surface area (Å²) in [7, 11) is 0. The maximum absolute atomic E-state index is 13.2. The molecule has 1 saturated heterocycles. The van der Waals surface area contributed by atoms with E-state index in [2.05, 4.69) is 12.5 Å². The van der Waals surface area contributed by atoms with Crippen LogP contribution in [-0.2, 0) is 4.79 Å². The van der Waals surface area contributed by atoms with Gasteiger partial charge in [-0.05, 0) is 18.4 Å². The summed E-state index contributed by atoms with van der Waals surface area (Å²) in [5.41, 5.74) is 0.343. The van der Waals surface area contributed by atoms with Gasteiger partial charge in [-0.3, -0.25) is 9.69 Å². The molecule has 1 aliphatic heterocycles. The van der Waals surface area contributed by atoms with Crippen LogP contribution < -0.4 is 0 Å². The van der Waals surface area contributed by atoms with E-state index >= 15 is 0 Å². The van der Waals surface area contributed by atoms with Gasteiger partial charge in [0.15, 0.2) is 0 Å². The third kappa shape index (κ3) is 4.01. The Labute approximate surface area is 107 Å². The first-order chi connectivity index (χ1) is 8.43. The zero-order chi connectivity index (χ0) is 13.7. The van der Waals surface area contributed by atoms with E-state index in [0.29, 0.717) is 25.1 Å². The number of carboxylic acids is 1. The van der Waals surface area contributed by atoms with Crippen molar-refractivity contribution < 1.29 is 14.3 Å². The van der Waals surface area contributed by atoms with Crippen LogP contribution in [0.1, 0.15) is 13.3 Å². The lowest BCUT2D eigenvalue weighted by molar-refractivity contribution is -0.144. The lowest BCUT2D eigenvalue weighted by atomic mass is 9.90.